The molecule has 1 aromatic carbocycles. The molecule has 0 bridgehead atoms. The van der Waals surface area contributed by atoms with Crippen LogP contribution in [0.5, 0.6) is 5.75 Å². The Balaban J connectivity index is 1.82. The van der Waals surface area contributed by atoms with Gasteiger partial charge in [-0.25, -0.2) is 0 Å². The molecule has 1 aromatic rings. The van der Waals surface area contributed by atoms with Crippen molar-refractivity contribution < 1.29 is 19.4 Å². The lowest BCUT2D eigenvalue weighted by molar-refractivity contribution is -0.143. The molecular formula is C15H21NO4. The molecule has 0 saturated carbocycles. The normalized spacial score (nSPS) is 22.1. The molecule has 2 atom stereocenters. The van der Waals surface area contributed by atoms with E-state index in [-0.39, 0.29) is 6.04 Å². The molecule has 0 aromatic heterocycles. The number of carboxylic acids is 1. The van der Waals surface area contributed by atoms with Gasteiger partial charge in [0.25, 0.3) is 0 Å². The van der Waals surface area contributed by atoms with Gasteiger partial charge in [0.1, 0.15) is 12.4 Å². The average Bonchev–Trinajstić information content (AvgIpc) is 2.90. The molecule has 110 valence electrons. The molecule has 1 saturated heterocycles. The Morgan fingerprint density at radius 2 is 2.20 bits per heavy atom. The van der Waals surface area contributed by atoms with Crippen LogP contribution in [0, 0.1) is 12.8 Å². The van der Waals surface area contributed by atoms with E-state index in [9.17, 15) is 4.79 Å². The van der Waals surface area contributed by atoms with E-state index in [1.807, 2.05) is 43.1 Å². The number of rotatable bonds is 6. The maximum atomic E-state index is 11.1. The largest absolute Gasteiger partial charge is 0.492 e. The molecule has 2 unspecified atom stereocenters. The van der Waals surface area contributed by atoms with Crippen LogP contribution in [0.1, 0.15) is 5.56 Å². The van der Waals surface area contributed by atoms with Crippen molar-refractivity contribution in [3.63, 3.8) is 0 Å². The van der Waals surface area contributed by atoms with Crippen LogP contribution in [-0.4, -0.2) is 55.4 Å². The molecule has 0 radical (unpaired) electrons. The summed E-state index contributed by atoms with van der Waals surface area (Å²) in [5.41, 5.74) is 1.10. The molecule has 1 N–H and O–H groups in total. The molecular weight excluding hydrogens is 258 g/mol. The van der Waals surface area contributed by atoms with Crippen LogP contribution in [0.4, 0.5) is 0 Å². The van der Waals surface area contributed by atoms with E-state index in [0.717, 1.165) is 11.3 Å². The van der Waals surface area contributed by atoms with Crippen molar-refractivity contribution in [3.8, 4) is 5.75 Å². The number of aliphatic carboxylic acids is 1. The number of para-hydroxylation sites is 1. The Morgan fingerprint density at radius 1 is 1.45 bits per heavy atom. The van der Waals surface area contributed by atoms with Crippen LogP contribution in [0.3, 0.4) is 0 Å². The molecule has 5 nitrogen and oxygen atoms in total. The molecule has 1 heterocycles. The van der Waals surface area contributed by atoms with Gasteiger partial charge in [-0.05, 0) is 25.6 Å². The van der Waals surface area contributed by atoms with Crippen LogP contribution < -0.4 is 4.74 Å². The standard InChI is InChI=1S/C15H21NO4/c1-11-5-3-4-6-14(11)20-8-7-16(2)13-10-19-9-12(13)15(17)18/h3-6,12-13H,7-10H2,1-2H3,(H,17,18). The van der Waals surface area contributed by atoms with Crippen LogP contribution >= 0.6 is 0 Å². The molecule has 2 rings (SSSR count). The number of aryl methyl sites for hydroxylation is 1. The maximum absolute atomic E-state index is 11.1. The van der Waals surface area contributed by atoms with Gasteiger partial charge in [-0.2, -0.15) is 0 Å². The van der Waals surface area contributed by atoms with Gasteiger partial charge in [-0.15, -0.1) is 0 Å². The number of ether oxygens (including phenoxy) is 2. The van der Waals surface area contributed by atoms with Crippen LogP contribution in [-0.2, 0) is 9.53 Å². The van der Waals surface area contributed by atoms with Gasteiger partial charge in [-0.3, -0.25) is 9.69 Å². The van der Waals surface area contributed by atoms with Gasteiger partial charge in [-0.1, -0.05) is 18.2 Å². The predicted octanol–water partition coefficient (Wildman–Crippen LogP) is 1.41. The number of hydrogen-bond acceptors (Lipinski definition) is 4. The summed E-state index contributed by atoms with van der Waals surface area (Å²) >= 11 is 0. The van der Waals surface area contributed by atoms with Gasteiger partial charge in [0.2, 0.25) is 0 Å². The fourth-order valence-electron chi connectivity index (χ4n) is 2.40. The number of benzene rings is 1. The first-order chi connectivity index (χ1) is 9.59. The van der Waals surface area contributed by atoms with Crippen LogP contribution in [0.15, 0.2) is 24.3 Å². The summed E-state index contributed by atoms with van der Waals surface area (Å²) < 4.78 is 11.0. The van der Waals surface area contributed by atoms with Crippen molar-refractivity contribution in [1.82, 2.24) is 4.90 Å². The minimum Gasteiger partial charge on any atom is -0.492 e. The van der Waals surface area contributed by atoms with Crippen LogP contribution in [0.2, 0.25) is 0 Å². The highest BCUT2D eigenvalue weighted by Gasteiger charge is 2.36. The summed E-state index contributed by atoms with van der Waals surface area (Å²) in [5, 5.41) is 9.13. The van der Waals surface area contributed by atoms with E-state index in [0.29, 0.717) is 26.4 Å². The molecule has 20 heavy (non-hydrogen) atoms. The topological polar surface area (TPSA) is 59.0 Å². The first-order valence-electron chi connectivity index (χ1n) is 6.79. The molecule has 1 aliphatic heterocycles. The second-order valence-corrected chi connectivity index (χ2v) is 5.14. The zero-order valence-electron chi connectivity index (χ0n) is 11.9. The lowest BCUT2D eigenvalue weighted by Crippen LogP contribution is -2.42. The van der Waals surface area contributed by atoms with Crippen molar-refractivity contribution in [2.24, 2.45) is 5.92 Å². The molecule has 5 heteroatoms. The smallest absolute Gasteiger partial charge is 0.310 e. The highest BCUT2D eigenvalue weighted by Crippen LogP contribution is 2.19. The van der Waals surface area contributed by atoms with Gasteiger partial charge in [0.05, 0.1) is 19.1 Å². The maximum Gasteiger partial charge on any atom is 0.310 e. The first kappa shape index (κ1) is 14.8. The van der Waals surface area contributed by atoms with Gasteiger partial charge < -0.3 is 14.6 Å². The molecule has 0 spiro atoms. The van der Waals surface area contributed by atoms with E-state index in [1.165, 1.54) is 0 Å². The monoisotopic (exact) mass is 279 g/mol. The van der Waals surface area contributed by atoms with E-state index < -0.39 is 11.9 Å². The number of carbonyl (C=O) groups is 1. The van der Waals surface area contributed by atoms with Gasteiger partial charge in [0, 0.05) is 12.6 Å². The van der Waals surface area contributed by atoms with E-state index in [4.69, 9.17) is 14.6 Å². The zero-order valence-corrected chi connectivity index (χ0v) is 11.9. The summed E-state index contributed by atoms with van der Waals surface area (Å²) in [4.78, 5) is 13.1. The number of carboxylic acid groups (broad SMARTS) is 1. The Morgan fingerprint density at radius 3 is 2.90 bits per heavy atom. The first-order valence-corrected chi connectivity index (χ1v) is 6.79. The number of hydrogen-bond donors (Lipinski definition) is 1. The van der Waals surface area contributed by atoms with E-state index >= 15 is 0 Å². The Bertz CT molecular complexity index is 463. The lowest BCUT2D eigenvalue weighted by atomic mass is 10.0. The minimum atomic E-state index is -0.792. The van der Waals surface area contributed by atoms with Gasteiger partial charge in [0.15, 0.2) is 0 Å². The minimum absolute atomic E-state index is 0.0760. The second kappa shape index (κ2) is 6.72. The quantitative estimate of drug-likeness (QED) is 0.853. The van der Waals surface area contributed by atoms with Crippen LogP contribution in [0.25, 0.3) is 0 Å². The van der Waals surface area contributed by atoms with Crippen molar-refractivity contribution in [1.29, 1.82) is 0 Å². The predicted molar refractivity (Wildman–Crippen MR) is 75.0 cm³/mol. The number of likely N-dealkylation sites (N-methyl/N-ethyl adjacent to an activating group) is 1. The van der Waals surface area contributed by atoms with Crippen molar-refractivity contribution in [2.45, 2.75) is 13.0 Å². The van der Waals surface area contributed by atoms with Crippen molar-refractivity contribution in [3.05, 3.63) is 29.8 Å². The fraction of sp³-hybridized carbons (Fsp3) is 0.533. The Labute approximate surface area is 119 Å². The molecule has 1 aliphatic rings. The summed E-state index contributed by atoms with van der Waals surface area (Å²) in [6.07, 6.45) is 0. The Kier molecular flexibility index (Phi) is 4.98. The van der Waals surface area contributed by atoms with Crippen molar-refractivity contribution in [2.75, 3.05) is 33.4 Å². The second-order valence-electron chi connectivity index (χ2n) is 5.14. The average molecular weight is 279 g/mol. The summed E-state index contributed by atoms with van der Waals surface area (Å²) in [6.45, 7) is 3.97. The summed E-state index contributed by atoms with van der Waals surface area (Å²) in [5.74, 6) is -0.365. The molecule has 1 fully saturated rings. The molecule has 0 aliphatic carbocycles. The number of nitrogens with zero attached hydrogens (tertiary/aromatic N) is 1. The summed E-state index contributed by atoms with van der Waals surface area (Å²) in [7, 11) is 1.91. The zero-order chi connectivity index (χ0) is 14.5. The third kappa shape index (κ3) is 3.49. The Hall–Kier alpha value is -1.59. The highest BCUT2D eigenvalue weighted by atomic mass is 16.5. The van der Waals surface area contributed by atoms with Gasteiger partial charge >= 0.3 is 5.97 Å². The van der Waals surface area contributed by atoms with E-state index in [1.54, 1.807) is 0 Å². The third-order valence-corrected chi connectivity index (χ3v) is 3.73. The van der Waals surface area contributed by atoms with Crippen molar-refractivity contribution >= 4 is 5.97 Å². The fourth-order valence-corrected chi connectivity index (χ4v) is 2.40. The molecule has 0 amide bonds. The lowest BCUT2D eigenvalue weighted by Gasteiger charge is -2.26. The third-order valence-electron chi connectivity index (χ3n) is 3.73. The van der Waals surface area contributed by atoms with E-state index in [2.05, 4.69) is 0 Å². The highest BCUT2D eigenvalue weighted by molar-refractivity contribution is 5.71. The SMILES string of the molecule is Cc1ccccc1OCCN(C)C1COCC1C(=O)O. The summed E-state index contributed by atoms with van der Waals surface area (Å²) in [6, 6.07) is 7.78.